The predicted octanol–water partition coefficient (Wildman–Crippen LogP) is 0.686. The lowest BCUT2D eigenvalue weighted by molar-refractivity contribution is -0.387. The Morgan fingerprint density at radius 2 is 1.50 bits per heavy atom. The maximum absolute atomic E-state index is 12.0. The van der Waals surface area contributed by atoms with Crippen LogP contribution >= 0.6 is 0 Å². The second-order valence-corrected chi connectivity index (χ2v) is 5.18. The first-order valence-corrected chi connectivity index (χ1v) is 6.90. The average Bonchev–Trinajstić information content (AvgIpc) is 2.54. The van der Waals surface area contributed by atoms with Gasteiger partial charge in [0.05, 0.1) is 9.85 Å². The number of nitro benzene ring substituents is 1. The van der Waals surface area contributed by atoms with Gasteiger partial charge < -0.3 is 0 Å². The van der Waals surface area contributed by atoms with Crippen molar-refractivity contribution in [2.24, 2.45) is 14.1 Å². The Bertz CT molecular complexity index is 926. The summed E-state index contributed by atoms with van der Waals surface area (Å²) >= 11 is 0. The molecule has 126 valence electrons. The number of aryl methyl sites for hydroxylation is 1. The molecule has 1 heterocycles. The van der Waals surface area contributed by atoms with Crippen LogP contribution in [0.3, 0.4) is 0 Å². The highest BCUT2D eigenvalue weighted by Gasteiger charge is 2.25. The molecule has 2 aromatic rings. The first-order valence-electron chi connectivity index (χ1n) is 6.90. The van der Waals surface area contributed by atoms with Gasteiger partial charge in [-0.15, -0.1) is 0 Å². The molecule has 0 aliphatic heterocycles. The minimum Gasteiger partial charge on any atom is -0.294 e. The van der Waals surface area contributed by atoms with Crippen molar-refractivity contribution in [2.75, 3.05) is 0 Å². The third-order valence-corrected chi connectivity index (χ3v) is 3.74. The molecule has 0 spiro atoms. The zero-order valence-corrected chi connectivity index (χ0v) is 13.0. The number of hydrogen-bond donors (Lipinski definition) is 0. The lowest BCUT2D eigenvalue weighted by atomic mass is 10.1. The van der Waals surface area contributed by atoms with Crippen molar-refractivity contribution in [2.45, 2.75) is 12.8 Å². The highest BCUT2D eigenvalue weighted by atomic mass is 16.6. The third-order valence-electron chi connectivity index (χ3n) is 3.74. The van der Waals surface area contributed by atoms with Crippen LogP contribution in [0.4, 0.5) is 11.4 Å². The van der Waals surface area contributed by atoms with Crippen LogP contribution in [0.1, 0.15) is 11.3 Å². The van der Waals surface area contributed by atoms with Gasteiger partial charge in [-0.25, -0.2) is 4.79 Å². The highest BCUT2D eigenvalue weighted by molar-refractivity contribution is 5.36. The maximum Gasteiger partial charge on any atom is 0.353 e. The molecule has 0 bridgehead atoms. The van der Waals surface area contributed by atoms with Crippen LogP contribution in [-0.4, -0.2) is 19.0 Å². The van der Waals surface area contributed by atoms with E-state index in [-0.39, 0.29) is 17.8 Å². The van der Waals surface area contributed by atoms with Crippen LogP contribution in [0, 0.1) is 20.2 Å². The molecule has 24 heavy (non-hydrogen) atoms. The normalized spacial score (nSPS) is 10.6. The van der Waals surface area contributed by atoms with Crippen LogP contribution in [0.5, 0.6) is 0 Å². The van der Waals surface area contributed by atoms with Gasteiger partial charge in [-0.3, -0.25) is 34.2 Å². The van der Waals surface area contributed by atoms with Crippen molar-refractivity contribution in [3.63, 3.8) is 0 Å². The van der Waals surface area contributed by atoms with E-state index in [2.05, 4.69) is 0 Å². The topological polar surface area (TPSA) is 130 Å². The molecule has 0 saturated heterocycles. The average molecular weight is 334 g/mol. The lowest BCUT2D eigenvalue weighted by Crippen LogP contribution is -2.40. The van der Waals surface area contributed by atoms with Crippen LogP contribution < -0.4 is 11.2 Å². The van der Waals surface area contributed by atoms with Gasteiger partial charge in [-0.2, -0.15) is 0 Å². The second kappa shape index (κ2) is 6.44. The van der Waals surface area contributed by atoms with Gasteiger partial charge in [0.15, 0.2) is 0 Å². The fraction of sp³-hybridized carbons (Fsp3) is 0.286. The van der Waals surface area contributed by atoms with Crippen LogP contribution in [0.2, 0.25) is 0 Å². The Kier molecular flexibility index (Phi) is 4.58. The summed E-state index contributed by atoms with van der Waals surface area (Å²) in [5.74, 6) is 0. The number of nitro groups is 2. The van der Waals surface area contributed by atoms with E-state index >= 15 is 0 Å². The smallest absolute Gasteiger partial charge is 0.294 e. The zero-order valence-electron chi connectivity index (χ0n) is 13.0. The summed E-state index contributed by atoms with van der Waals surface area (Å²) in [4.78, 5) is 44.4. The van der Waals surface area contributed by atoms with E-state index in [1.807, 2.05) is 0 Å². The van der Waals surface area contributed by atoms with Crippen molar-refractivity contribution in [3.8, 4) is 0 Å². The van der Waals surface area contributed by atoms with Gasteiger partial charge in [-0.1, -0.05) is 12.1 Å². The molecule has 0 unspecified atom stereocenters. The fourth-order valence-electron chi connectivity index (χ4n) is 2.39. The Morgan fingerprint density at radius 1 is 0.917 bits per heavy atom. The maximum atomic E-state index is 12.0. The molecular weight excluding hydrogens is 320 g/mol. The summed E-state index contributed by atoms with van der Waals surface area (Å²) in [5.41, 5.74) is -1.59. The Morgan fingerprint density at radius 3 is 2.00 bits per heavy atom. The van der Waals surface area contributed by atoms with E-state index in [0.29, 0.717) is 16.6 Å². The monoisotopic (exact) mass is 334 g/mol. The second-order valence-electron chi connectivity index (χ2n) is 5.18. The van der Waals surface area contributed by atoms with Crippen LogP contribution in [0.25, 0.3) is 0 Å². The SMILES string of the molecule is Cn1c(CCc2ccc([N+](=O)[O-])cc2)c([N+](=O)[O-])c(=O)n(C)c1=O. The molecular formula is C14H14N4O6. The summed E-state index contributed by atoms with van der Waals surface area (Å²) in [7, 11) is 2.54. The van der Waals surface area contributed by atoms with Crippen molar-refractivity contribution in [1.29, 1.82) is 0 Å². The highest BCUT2D eigenvalue weighted by Crippen LogP contribution is 2.16. The van der Waals surface area contributed by atoms with Gasteiger partial charge in [0.2, 0.25) is 0 Å². The number of benzene rings is 1. The molecule has 2 rings (SSSR count). The van der Waals surface area contributed by atoms with E-state index in [4.69, 9.17) is 0 Å². The molecule has 10 heteroatoms. The van der Waals surface area contributed by atoms with Gasteiger partial charge in [0.25, 0.3) is 5.69 Å². The molecule has 0 aliphatic rings. The minimum atomic E-state index is -0.957. The van der Waals surface area contributed by atoms with E-state index < -0.39 is 26.8 Å². The summed E-state index contributed by atoms with van der Waals surface area (Å²) in [5, 5.41) is 21.8. The van der Waals surface area contributed by atoms with Gasteiger partial charge in [-0.05, 0) is 18.4 Å². The summed E-state index contributed by atoms with van der Waals surface area (Å²) in [6.45, 7) is 0. The summed E-state index contributed by atoms with van der Waals surface area (Å²) in [6, 6.07) is 5.71. The molecule has 0 atom stereocenters. The lowest BCUT2D eigenvalue weighted by Gasteiger charge is -2.10. The van der Waals surface area contributed by atoms with Crippen molar-refractivity contribution in [3.05, 3.63) is 76.6 Å². The Balaban J connectivity index is 2.39. The number of aromatic nitrogens is 2. The Hall–Kier alpha value is -3.30. The van der Waals surface area contributed by atoms with Crippen LogP contribution in [-0.2, 0) is 26.9 Å². The number of hydrogen-bond acceptors (Lipinski definition) is 6. The molecule has 1 aromatic carbocycles. The van der Waals surface area contributed by atoms with Gasteiger partial charge >= 0.3 is 16.9 Å². The summed E-state index contributed by atoms with van der Waals surface area (Å²) < 4.78 is 1.76. The number of nitrogens with zero attached hydrogens (tertiary/aromatic N) is 4. The largest absolute Gasteiger partial charge is 0.353 e. The number of rotatable bonds is 5. The molecule has 0 fully saturated rings. The van der Waals surface area contributed by atoms with Gasteiger partial charge in [0, 0.05) is 26.2 Å². The van der Waals surface area contributed by atoms with E-state index in [1.165, 1.54) is 38.4 Å². The molecule has 0 radical (unpaired) electrons. The molecule has 0 amide bonds. The zero-order chi connectivity index (χ0) is 18.0. The minimum absolute atomic E-state index is 0.0199. The Labute approximate surface area is 134 Å². The van der Waals surface area contributed by atoms with E-state index in [0.717, 1.165) is 4.57 Å². The van der Waals surface area contributed by atoms with Crippen molar-refractivity contribution < 1.29 is 9.85 Å². The standard InChI is InChI=1S/C14H14N4O6/c1-15-11(12(18(23)24)13(19)16(2)14(15)20)8-5-9-3-6-10(7-4-9)17(21)22/h3-4,6-7H,5,8H2,1-2H3. The molecule has 0 aliphatic carbocycles. The first-order chi connectivity index (χ1) is 11.2. The molecule has 0 N–H and O–H groups in total. The van der Waals surface area contributed by atoms with Crippen LogP contribution in [0.15, 0.2) is 33.9 Å². The van der Waals surface area contributed by atoms with E-state index in [9.17, 15) is 29.8 Å². The number of non-ortho nitro benzene ring substituents is 1. The molecule has 1 aromatic heterocycles. The van der Waals surface area contributed by atoms with E-state index in [1.54, 1.807) is 0 Å². The third kappa shape index (κ3) is 3.07. The predicted molar refractivity (Wildman–Crippen MR) is 84.1 cm³/mol. The van der Waals surface area contributed by atoms with Crippen molar-refractivity contribution >= 4 is 11.4 Å². The molecule has 0 saturated carbocycles. The summed E-state index contributed by atoms with van der Waals surface area (Å²) in [6.07, 6.45) is 0.370. The fourth-order valence-corrected chi connectivity index (χ4v) is 2.39. The quantitative estimate of drug-likeness (QED) is 0.584. The molecule has 10 nitrogen and oxygen atoms in total. The van der Waals surface area contributed by atoms with Gasteiger partial charge in [0.1, 0.15) is 5.69 Å². The van der Waals surface area contributed by atoms with Crippen molar-refractivity contribution in [1.82, 2.24) is 9.13 Å². The first kappa shape index (κ1) is 17.1.